The van der Waals surface area contributed by atoms with Crippen molar-refractivity contribution in [3.63, 3.8) is 0 Å². The number of fused-ring (bicyclic) bond motifs is 1. The summed E-state index contributed by atoms with van der Waals surface area (Å²) < 4.78 is 5.77. The Morgan fingerprint density at radius 2 is 2.19 bits per heavy atom. The standard InChI is InChI=1S/C13H14O3/c14-12(15)13(5-6-13)8-10-7-9-3-1-2-4-11(9)16-10/h1-4,10H,5-8H2,(H,14,15). The number of aliphatic carboxylic acids is 1. The number of ether oxygens (including phenoxy) is 1. The third kappa shape index (κ3) is 1.47. The molecule has 0 radical (unpaired) electrons. The van der Waals surface area contributed by atoms with Gasteiger partial charge in [0.15, 0.2) is 0 Å². The molecule has 1 aliphatic heterocycles. The molecule has 1 unspecified atom stereocenters. The lowest BCUT2D eigenvalue weighted by Gasteiger charge is -2.15. The van der Waals surface area contributed by atoms with Gasteiger partial charge in [-0.1, -0.05) is 18.2 Å². The summed E-state index contributed by atoms with van der Waals surface area (Å²) in [5.74, 6) is 0.265. The largest absolute Gasteiger partial charge is 0.490 e. The molecule has 3 rings (SSSR count). The molecule has 0 spiro atoms. The van der Waals surface area contributed by atoms with Gasteiger partial charge in [0, 0.05) is 12.8 Å². The quantitative estimate of drug-likeness (QED) is 0.846. The first kappa shape index (κ1) is 9.70. The van der Waals surface area contributed by atoms with E-state index in [2.05, 4.69) is 6.07 Å². The maximum absolute atomic E-state index is 11.1. The topological polar surface area (TPSA) is 46.5 Å². The number of carboxylic acids is 1. The number of rotatable bonds is 3. The molecule has 1 aliphatic carbocycles. The van der Waals surface area contributed by atoms with Gasteiger partial charge in [-0.05, 0) is 24.5 Å². The molecule has 1 N–H and O–H groups in total. The average molecular weight is 218 g/mol. The van der Waals surface area contributed by atoms with Crippen molar-refractivity contribution in [2.75, 3.05) is 0 Å². The number of carbonyl (C=O) groups is 1. The molecule has 3 nitrogen and oxygen atoms in total. The van der Waals surface area contributed by atoms with E-state index in [0.717, 1.165) is 25.0 Å². The summed E-state index contributed by atoms with van der Waals surface area (Å²) in [5.41, 5.74) is 0.723. The van der Waals surface area contributed by atoms with E-state index in [1.807, 2.05) is 18.2 Å². The predicted molar refractivity (Wildman–Crippen MR) is 58.5 cm³/mol. The minimum Gasteiger partial charge on any atom is -0.490 e. The van der Waals surface area contributed by atoms with E-state index in [4.69, 9.17) is 9.84 Å². The van der Waals surface area contributed by atoms with Gasteiger partial charge < -0.3 is 9.84 Å². The molecule has 1 atom stereocenters. The van der Waals surface area contributed by atoms with Crippen molar-refractivity contribution in [2.45, 2.75) is 31.8 Å². The van der Waals surface area contributed by atoms with Gasteiger partial charge in [-0.15, -0.1) is 0 Å². The Labute approximate surface area is 94.0 Å². The third-order valence-corrected chi connectivity index (χ3v) is 3.64. The van der Waals surface area contributed by atoms with Crippen LogP contribution < -0.4 is 4.74 Å². The molecule has 1 saturated carbocycles. The third-order valence-electron chi connectivity index (χ3n) is 3.64. The smallest absolute Gasteiger partial charge is 0.309 e. The van der Waals surface area contributed by atoms with Crippen LogP contribution in [0.2, 0.25) is 0 Å². The molecule has 0 amide bonds. The summed E-state index contributed by atoms with van der Waals surface area (Å²) in [4.78, 5) is 11.1. The van der Waals surface area contributed by atoms with Crippen molar-refractivity contribution in [2.24, 2.45) is 5.41 Å². The van der Waals surface area contributed by atoms with Crippen LogP contribution in [0.25, 0.3) is 0 Å². The summed E-state index contributed by atoms with van der Waals surface area (Å²) in [6.07, 6.45) is 3.16. The maximum atomic E-state index is 11.1. The van der Waals surface area contributed by atoms with Gasteiger partial charge in [0.1, 0.15) is 11.9 Å². The lowest BCUT2D eigenvalue weighted by Crippen LogP contribution is -2.24. The van der Waals surface area contributed by atoms with Crippen LogP contribution in [0.15, 0.2) is 24.3 Å². The molecule has 1 aromatic carbocycles. The van der Waals surface area contributed by atoms with Crippen molar-refractivity contribution < 1.29 is 14.6 Å². The van der Waals surface area contributed by atoms with Crippen LogP contribution in [0.3, 0.4) is 0 Å². The Hall–Kier alpha value is -1.51. The lowest BCUT2D eigenvalue weighted by molar-refractivity contribution is -0.144. The second-order valence-electron chi connectivity index (χ2n) is 4.84. The fourth-order valence-corrected chi connectivity index (χ4v) is 2.46. The van der Waals surface area contributed by atoms with Crippen LogP contribution in [-0.4, -0.2) is 17.2 Å². The zero-order valence-corrected chi connectivity index (χ0v) is 8.98. The van der Waals surface area contributed by atoms with E-state index in [0.29, 0.717) is 6.42 Å². The fraction of sp³-hybridized carbons (Fsp3) is 0.462. The van der Waals surface area contributed by atoms with E-state index < -0.39 is 11.4 Å². The van der Waals surface area contributed by atoms with Crippen molar-refractivity contribution in [1.29, 1.82) is 0 Å². The van der Waals surface area contributed by atoms with Crippen molar-refractivity contribution in [3.8, 4) is 5.75 Å². The van der Waals surface area contributed by atoms with Crippen LogP contribution in [-0.2, 0) is 11.2 Å². The van der Waals surface area contributed by atoms with E-state index in [1.165, 1.54) is 5.56 Å². The summed E-state index contributed by atoms with van der Waals surface area (Å²) in [7, 11) is 0. The number of para-hydroxylation sites is 1. The summed E-state index contributed by atoms with van der Waals surface area (Å²) in [6.45, 7) is 0. The van der Waals surface area contributed by atoms with Gasteiger partial charge in [-0.2, -0.15) is 0 Å². The van der Waals surface area contributed by atoms with Gasteiger partial charge in [0.05, 0.1) is 5.41 Å². The first-order valence-electron chi connectivity index (χ1n) is 5.68. The van der Waals surface area contributed by atoms with E-state index in [1.54, 1.807) is 0 Å². The van der Waals surface area contributed by atoms with Gasteiger partial charge >= 0.3 is 5.97 Å². The Morgan fingerprint density at radius 3 is 2.81 bits per heavy atom. The molecular weight excluding hydrogens is 204 g/mol. The molecule has 3 heteroatoms. The molecule has 2 aliphatic rings. The van der Waals surface area contributed by atoms with E-state index in [9.17, 15) is 4.79 Å². The second kappa shape index (κ2) is 3.24. The molecule has 0 bridgehead atoms. The van der Waals surface area contributed by atoms with E-state index >= 15 is 0 Å². The normalized spacial score (nSPS) is 24.6. The molecule has 1 aromatic rings. The fourth-order valence-electron chi connectivity index (χ4n) is 2.46. The van der Waals surface area contributed by atoms with Crippen molar-refractivity contribution in [3.05, 3.63) is 29.8 Å². The minimum absolute atomic E-state index is 0.0519. The first-order valence-corrected chi connectivity index (χ1v) is 5.68. The van der Waals surface area contributed by atoms with Crippen LogP contribution in [0.5, 0.6) is 5.75 Å². The second-order valence-corrected chi connectivity index (χ2v) is 4.84. The monoisotopic (exact) mass is 218 g/mol. The Bertz CT molecular complexity index is 410. The Balaban J connectivity index is 1.71. The number of benzene rings is 1. The van der Waals surface area contributed by atoms with Gasteiger partial charge in [0.25, 0.3) is 0 Å². The molecule has 0 saturated heterocycles. The zero-order chi connectivity index (χ0) is 11.2. The molecule has 84 valence electrons. The average Bonchev–Trinajstić information content (AvgIpc) is 2.92. The summed E-state index contributed by atoms with van der Waals surface area (Å²) >= 11 is 0. The molecule has 16 heavy (non-hydrogen) atoms. The van der Waals surface area contributed by atoms with E-state index in [-0.39, 0.29) is 6.10 Å². The van der Waals surface area contributed by atoms with Crippen LogP contribution in [0.1, 0.15) is 24.8 Å². The summed E-state index contributed by atoms with van der Waals surface area (Å²) in [6, 6.07) is 7.95. The van der Waals surface area contributed by atoms with Crippen molar-refractivity contribution >= 4 is 5.97 Å². The van der Waals surface area contributed by atoms with Gasteiger partial charge in [0.2, 0.25) is 0 Å². The number of hydrogen-bond acceptors (Lipinski definition) is 2. The Kier molecular flexibility index (Phi) is 1.96. The van der Waals surface area contributed by atoms with Crippen molar-refractivity contribution in [1.82, 2.24) is 0 Å². The number of carboxylic acid groups (broad SMARTS) is 1. The minimum atomic E-state index is -0.660. The molecule has 0 aromatic heterocycles. The molecular formula is C13H14O3. The van der Waals surface area contributed by atoms with Crippen LogP contribution in [0, 0.1) is 5.41 Å². The van der Waals surface area contributed by atoms with Gasteiger partial charge in [-0.25, -0.2) is 0 Å². The zero-order valence-electron chi connectivity index (χ0n) is 8.98. The highest BCUT2D eigenvalue weighted by molar-refractivity contribution is 5.77. The molecule has 1 heterocycles. The van der Waals surface area contributed by atoms with Gasteiger partial charge in [-0.3, -0.25) is 4.79 Å². The Morgan fingerprint density at radius 1 is 1.44 bits per heavy atom. The SMILES string of the molecule is O=C(O)C1(CC2Cc3ccccc3O2)CC1. The highest BCUT2D eigenvalue weighted by Gasteiger charge is 2.52. The summed E-state index contributed by atoms with van der Waals surface area (Å²) in [5, 5.41) is 9.13. The van der Waals surface area contributed by atoms with Crippen LogP contribution in [0.4, 0.5) is 0 Å². The maximum Gasteiger partial charge on any atom is 0.309 e. The lowest BCUT2D eigenvalue weighted by atomic mass is 9.96. The highest BCUT2D eigenvalue weighted by Crippen LogP contribution is 2.51. The number of hydrogen-bond donors (Lipinski definition) is 1. The predicted octanol–water partition coefficient (Wildman–Crippen LogP) is 2.25. The molecule has 1 fully saturated rings. The highest BCUT2D eigenvalue weighted by atomic mass is 16.5. The van der Waals surface area contributed by atoms with Crippen LogP contribution >= 0.6 is 0 Å². The first-order chi connectivity index (χ1) is 7.70.